The summed E-state index contributed by atoms with van der Waals surface area (Å²) in [4.78, 5) is 54.9. The molecule has 7 heterocycles. The standard InChI is InChI=1S/C32H52N10O13P2Si2/c1-31(2,3)58(7,8)54-22-18-13-49-56(44,45)52-21-17(12-48-57(46,47)53-24(22)29(51-18)41-15-37-19-26(41)39-30(34)40-28(19)43)50-20(23(21)55-59(9,10)32(4,5)6)16-11-35-27-25(33)36-14-38-42(16)27/h11,14-15,17-18,20-24,29H,12-13H2,1-10H3,(H,44,45)(H,46,47)(H2,33,36,38)(H3,34,39,40,43). The molecule has 0 radical (unpaired) electrons. The van der Waals surface area contributed by atoms with Crippen molar-refractivity contribution in [3.63, 3.8) is 0 Å². The molecule has 59 heavy (non-hydrogen) atoms. The van der Waals surface area contributed by atoms with Gasteiger partial charge in [0.25, 0.3) is 5.56 Å². The van der Waals surface area contributed by atoms with E-state index in [0.717, 1.165) is 0 Å². The van der Waals surface area contributed by atoms with Gasteiger partial charge in [0.1, 0.15) is 49.1 Å². The molecule has 4 aromatic heterocycles. The van der Waals surface area contributed by atoms with Crippen LogP contribution < -0.4 is 17.0 Å². The number of phosphoric acid groups is 2. The molecule has 23 nitrogen and oxygen atoms in total. The molecule has 0 saturated carbocycles. The molecule has 27 heteroatoms. The Morgan fingerprint density at radius 3 is 2.07 bits per heavy atom. The summed E-state index contributed by atoms with van der Waals surface area (Å²) in [5.74, 6) is -0.147. The number of fused-ring (bicyclic) bond motifs is 5. The second-order valence-electron chi connectivity index (χ2n) is 17.9. The normalized spacial score (nSPS) is 32.8. The second kappa shape index (κ2) is 15.1. The van der Waals surface area contributed by atoms with E-state index in [-0.39, 0.29) is 33.6 Å². The van der Waals surface area contributed by atoms with E-state index < -0.39 is 105 Å². The van der Waals surface area contributed by atoms with E-state index in [1.807, 2.05) is 67.7 Å². The van der Waals surface area contributed by atoms with Gasteiger partial charge in [0.05, 0.1) is 31.4 Å². The molecule has 0 amide bonds. The number of nitrogens with zero attached hydrogens (tertiary/aromatic N) is 7. The number of imidazole rings is 2. The summed E-state index contributed by atoms with van der Waals surface area (Å²) >= 11 is 0. The smallest absolute Gasteiger partial charge is 0.408 e. The molecule has 0 aliphatic carbocycles. The zero-order chi connectivity index (χ0) is 43.2. The van der Waals surface area contributed by atoms with Crippen LogP contribution in [0.4, 0.5) is 11.8 Å². The van der Waals surface area contributed by atoms with Crippen molar-refractivity contribution in [1.82, 2.24) is 39.1 Å². The van der Waals surface area contributed by atoms with Gasteiger partial charge in [-0.3, -0.25) is 32.4 Å². The van der Waals surface area contributed by atoms with E-state index >= 15 is 0 Å². The van der Waals surface area contributed by atoms with Crippen LogP contribution in [-0.2, 0) is 45.6 Å². The first-order chi connectivity index (χ1) is 27.2. The van der Waals surface area contributed by atoms with Crippen LogP contribution in [-0.4, -0.2) is 115 Å². The molecular weight excluding hydrogens is 851 g/mol. The molecule has 0 aromatic carbocycles. The van der Waals surface area contributed by atoms with Crippen molar-refractivity contribution < 1.29 is 55.3 Å². The number of nitrogens with one attached hydrogen (secondary N) is 1. The molecule has 2 bridgehead atoms. The lowest BCUT2D eigenvalue weighted by atomic mass is 10.1. The Morgan fingerprint density at radius 2 is 1.44 bits per heavy atom. The maximum absolute atomic E-state index is 14.2. The highest BCUT2D eigenvalue weighted by atomic mass is 31.2. The van der Waals surface area contributed by atoms with Crippen LogP contribution in [0.25, 0.3) is 16.8 Å². The number of anilines is 2. The van der Waals surface area contributed by atoms with Crippen LogP contribution in [0.15, 0.2) is 23.6 Å². The van der Waals surface area contributed by atoms with Gasteiger partial charge in [-0.1, -0.05) is 41.5 Å². The van der Waals surface area contributed by atoms with Crippen molar-refractivity contribution in [3.05, 3.63) is 34.9 Å². The minimum atomic E-state index is -5.14. The monoisotopic (exact) mass is 902 g/mol. The zero-order valence-corrected chi connectivity index (χ0v) is 38.1. The Balaban J connectivity index is 1.31. The fourth-order valence-corrected chi connectivity index (χ4v) is 11.1. The van der Waals surface area contributed by atoms with Crippen LogP contribution >= 0.6 is 15.6 Å². The van der Waals surface area contributed by atoms with E-state index in [1.54, 1.807) is 0 Å². The van der Waals surface area contributed by atoms with E-state index in [4.69, 9.17) is 47.9 Å². The molecule has 7 N–H and O–H groups in total. The van der Waals surface area contributed by atoms with Crippen molar-refractivity contribution in [3.8, 4) is 0 Å². The Hall–Kier alpha value is -3.01. The minimum Gasteiger partial charge on any atom is -0.408 e. The quantitative estimate of drug-likeness (QED) is 0.136. The predicted octanol–water partition coefficient (Wildman–Crippen LogP) is 3.56. The lowest BCUT2D eigenvalue weighted by molar-refractivity contribution is -0.0635. The first-order valence-electron chi connectivity index (χ1n) is 18.8. The summed E-state index contributed by atoms with van der Waals surface area (Å²) < 4.78 is 81.0. The molecule has 4 aromatic rings. The number of aromatic nitrogens is 8. The number of nitrogens with two attached hydrogens (primary N) is 2. The molecule has 3 aliphatic rings. The van der Waals surface area contributed by atoms with Gasteiger partial charge in [0.2, 0.25) is 5.95 Å². The average Bonchev–Trinajstić information content (AvgIpc) is 3.86. The van der Waals surface area contributed by atoms with Gasteiger partial charge in [0, 0.05) is 0 Å². The summed E-state index contributed by atoms with van der Waals surface area (Å²) in [7, 11) is -15.8. The van der Waals surface area contributed by atoms with Gasteiger partial charge < -0.3 is 39.6 Å². The summed E-state index contributed by atoms with van der Waals surface area (Å²) in [5, 5.41) is 3.54. The maximum Gasteiger partial charge on any atom is 0.472 e. The van der Waals surface area contributed by atoms with Crippen molar-refractivity contribution in [2.75, 3.05) is 24.7 Å². The van der Waals surface area contributed by atoms with E-state index in [2.05, 4.69) is 30.0 Å². The number of ether oxygens (including phenoxy) is 2. The van der Waals surface area contributed by atoms with E-state index in [1.165, 1.54) is 27.9 Å². The van der Waals surface area contributed by atoms with Crippen LogP contribution in [0.2, 0.25) is 36.3 Å². The first kappa shape index (κ1) is 44.1. The molecule has 3 fully saturated rings. The van der Waals surface area contributed by atoms with Crippen molar-refractivity contribution in [1.29, 1.82) is 0 Å². The molecular formula is C32H52N10O13P2Si2. The maximum atomic E-state index is 14.2. The Bertz CT molecular complexity index is 2380. The van der Waals surface area contributed by atoms with Crippen LogP contribution in [0, 0.1) is 0 Å². The molecule has 10 atom stereocenters. The summed E-state index contributed by atoms with van der Waals surface area (Å²) in [6.45, 7) is 18.5. The average molecular weight is 903 g/mol. The van der Waals surface area contributed by atoms with E-state index in [0.29, 0.717) is 5.69 Å². The first-order valence-corrected chi connectivity index (χ1v) is 27.6. The molecule has 7 rings (SSSR count). The van der Waals surface area contributed by atoms with Gasteiger partial charge in [0.15, 0.2) is 45.5 Å². The van der Waals surface area contributed by atoms with Gasteiger partial charge in [-0.15, -0.1) is 0 Å². The Morgan fingerprint density at radius 1 is 0.847 bits per heavy atom. The lowest BCUT2D eigenvalue weighted by Crippen LogP contribution is -2.50. The molecule has 3 aliphatic heterocycles. The Labute approximate surface area is 340 Å². The van der Waals surface area contributed by atoms with Crippen LogP contribution in [0.3, 0.4) is 0 Å². The third-order valence-corrected chi connectivity index (χ3v) is 22.7. The van der Waals surface area contributed by atoms with Crippen molar-refractivity contribution in [2.45, 2.75) is 127 Å². The SMILES string of the molecule is CC(C)(C)[Si](C)(C)OC1C2COP(=O)(O)OC3C(COP(=O)(O)OC1C(n1cnc4c(=O)[nH]c(N)nc41)O2)OC(c1cnc2c(N)ncnn12)C3O[Si](C)(C)C(C)(C)C. The number of rotatable bonds is 6. The number of aromatic amines is 1. The van der Waals surface area contributed by atoms with E-state index in [9.17, 15) is 23.7 Å². The predicted molar refractivity (Wildman–Crippen MR) is 215 cm³/mol. The van der Waals surface area contributed by atoms with Crippen LogP contribution in [0.5, 0.6) is 0 Å². The highest BCUT2D eigenvalue weighted by Crippen LogP contribution is 2.56. The second-order valence-corrected chi connectivity index (χ2v) is 30.2. The fourth-order valence-electron chi connectivity index (χ4n) is 6.59. The van der Waals surface area contributed by atoms with Crippen molar-refractivity contribution in [2.24, 2.45) is 0 Å². The van der Waals surface area contributed by atoms with Gasteiger partial charge in [-0.25, -0.2) is 28.6 Å². The Kier molecular flexibility index (Phi) is 11.3. The molecule has 0 spiro atoms. The molecule has 326 valence electrons. The lowest BCUT2D eigenvalue weighted by Gasteiger charge is -2.40. The zero-order valence-electron chi connectivity index (χ0n) is 34.3. The number of phosphoric ester groups is 2. The van der Waals surface area contributed by atoms with Crippen molar-refractivity contribution >= 4 is 60.9 Å². The fraction of sp³-hybridized carbons (Fsp3) is 0.688. The summed E-state index contributed by atoms with van der Waals surface area (Å²) in [6, 6.07) is 0. The summed E-state index contributed by atoms with van der Waals surface area (Å²) in [5.41, 5.74) is 11.7. The summed E-state index contributed by atoms with van der Waals surface area (Å²) in [6.07, 6.45) is -6.43. The van der Waals surface area contributed by atoms with Crippen LogP contribution in [0.1, 0.15) is 59.6 Å². The highest BCUT2D eigenvalue weighted by Gasteiger charge is 2.58. The van der Waals surface area contributed by atoms with Gasteiger partial charge in [-0.2, -0.15) is 10.1 Å². The molecule has 3 saturated heterocycles. The topological polar surface area (TPSA) is 307 Å². The number of H-pyrrole nitrogens is 1. The van der Waals surface area contributed by atoms with Gasteiger partial charge >= 0.3 is 15.6 Å². The number of hydrogen-bond acceptors (Lipinski definition) is 18. The largest absolute Gasteiger partial charge is 0.472 e. The number of nitrogen functional groups attached to an aromatic ring is 2. The third-order valence-electron chi connectivity index (χ3n) is 11.8. The van der Waals surface area contributed by atoms with Gasteiger partial charge in [-0.05, 0) is 36.3 Å². The highest BCUT2D eigenvalue weighted by molar-refractivity contribution is 7.47. The molecule has 10 unspecified atom stereocenters. The minimum absolute atomic E-state index is 0.0381. The third kappa shape index (κ3) is 8.47. The number of hydrogen-bond donors (Lipinski definition) is 5.